The molecule has 0 saturated carbocycles. The van der Waals surface area contributed by atoms with Gasteiger partial charge in [-0.2, -0.15) is 5.26 Å². The molecule has 0 radical (unpaired) electrons. The van der Waals surface area contributed by atoms with E-state index in [1.807, 2.05) is 18.7 Å². The Morgan fingerprint density at radius 2 is 1.88 bits per heavy atom. The summed E-state index contributed by atoms with van der Waals surface area (Å²) in [5, 5.41) is 11.7. The molecule has 1 rings (SSSR count). The lowest BCUT2D eigenvalue weighted by molar-refractivity contribution is 0.197. The van der Waals surface area contributed by atoms with Gasteiger partial charge in [0, 0.05) is 19.6 Å². The average Bonchev–Trinajstić information content (AvgIpc) is 2.54. The summed E-state index contributed by atoms with van der Waals surface area (Å²) >= 11 is 0. The second-order valence-corrected chi connectivity index (χ2v) is 5.06. The highest BCUT2D eigenvalue weighted by Gasteiger charge is 2.20. The molecule has 1 N–H and O–H groups in total. The highest BCUT2D eigenvalue weighted by molar-refractivity contribution is 5.74. The van der Waals surface area contributed by atoms with Gasteiger partial charge in [0.15, 0.2) is 0 Å². The molecule has 16 heavy (non-hydrogen) atoms. The molecule has 0 aromatic carbocycles. The number of hydrogen-bond donors (Lipinski definition) is 1. The van der Waals surface area contributed by atoms with Crippen molar-refractivity contribution >= 4 is 6.03 Å². The zero-order chi connectivity index (χ0) is 12.0. The van der Waals surface area contributed by atoms with E-state index in [1.54, 1.807) is 0 Å². The summed E-state index contributed by atoms with van der Waals surface area (Å²) in [5.74, 6) is 0. The molecule has 1 aliphatic heterocycles. The summed E-state index contributed by atoms with van der Waals surface area (Å²) in [7, 11) is 0. The molecule has 1 heterocycles. The van der Waals surface area contributed by atoms with Crippen molar-refractivity contribution in [3.05, 3.63) is 0 Å². The number of urea groups is 1. The van der Waals surface area contributed by atoms with Gasteiger partial charge in [0.1, 0.15) is 0 Å². The van der Waals surface area contributed by atoms with E-state index >= 15 is 0 Å². The van der Waals surface area contributed by atoms with Gasteiger partial charge in [0.05, 0.1) is 11.5 Å². The first-order chi connectivity index (χ1) is 7.55. The Bertz CT molecular complexity index is 272. The highest BCUT2D eigenvalue weighted by Crippen LogP contribution is 2.12. The van der Waals surface area contributed by atoms with Crippen LogP contribution in [0.3, 0.4) is 0 Å². The number of likely N-dealkylation sites (tertiary alicyclic amines) is 1. The van der Waals surface area contributed by atoms with Crippen molar-refractivity contribution in [3.8, 4) is 6.07 Å². The highest BCUT2D eigenvalue weighted by atomic mass is 16.2. The number of carbonyl (C=O) groups excluding carboxylic acids is 1. The number of nitriles is 1. The maximum absolute atomic E-state index is 11.8. The summed E-state index contributed by atoms with van der Waals surface area (Å²) in [4.78, 5) is 13.7. The minimum absolute atomic E-state index is 0.0229. The third kappa shape index (κ3) is 4.09. The molecule has 0 atom stereocenters. The SMILES string of the molecule is CC(C)(C#N)CNC(=O)N1CCCCCC1. The topological polar surface area (TPSA) is 56.1 Å². The van der Waals surface area contributed by atoms with E-state index in [4.69, 9.17) is 5.26 Å². The van der Waals surface area contributed by atoms with Crippen LogP contribution in [0.5, 0.6) is 0 Å². The Labute approximate surface area is 97.6 Å². The predicted molar refractivity (Wildman–Crippen MR) is 62.8 cm³/mol. The van der Waals surface area contributed by atoms with Gasteiger partial charge < -0.3 is 10.2 Å². The molecule has 90 valence electrons. The maximum Gasteiger partial charge on any atom is 0.317 e. The first-order valence-electron chi connectivity index (χ1n) is 5.99. The standard InChI is InChI=1S/C12H21N3O/c1-12(2,9-13)10-14-11(16)15-7-5-3-4-6-8-15/h3-8,10H2,1-2H3,(H,14,16). The lowest BCUT2D eigenvalue weighted by Gasteiger charge is -2.23. The second kappa shape index (κ2) is 5.74. The van der Waals surface area contributed by atoms with Crippen LogP contribution in [0, 0.1) is 16.7 Å². The minimum Gasteiger partial charge on any atom is -0.336 e. The van der Waals surface area contributed by atoms with Crippen molar-refractivity contribution in [3.63, 3.8) is 0 Å². The number of nitrogens with one attached hydrogen (secondary N) is 1. The molecule has 4 heteroatoms. The Balaban J connectivity index is 2.37. The predicted octanol–water partition coefficient (Wildman–Crippen LogP) is 2.12. The van der Waals surface area contributed by atoms with Gasteiger partial charge in [0.2, 0.25) is 0 Å². The van der Waals surface area contributed by atoms with E-state index in [9.17, 15) is 4.79 Å². The molecule has 0 spiro atoms. The number of carbonyl (C=O) groups is 1. The van der Waals surface area contributed by atoms with Crippen LogP contribution in [0.1, 0.15) is 39.5 Å². The van der Waals surface area contributed by atoms with Gasteiger partial charge in [-0.1, -0.05) is 12.8 Å². The third-order valence-electron chi connectivity index (χ3n) is 2.88. The van der Waals surface area contributed by atoms with Gasteiger partial charge in [0.25, 0.3) is 0 Å². The molecule has 1 aliphatic rings. The van der Waals surface area contributed by atoms with Crippen LogP contribution < -0.4 is 5.32 Å². The van der Waals surface area contributed by atoms with E-state index in [0.717, 1.165) is 25.9 Å². The van der Waals surface area contributed by atoms with Crippen LogP contribution >= 0.6 is 0 Å². The largest absolute Gasteiger partial charge is 0.336 e. The van der Waals surface area contributed by atoms with E-state index in [0.29, 0.717) is 6.54 Å². The Morgan fingerprint density at radius 3 is 2.38 bits per heavy atom. The number of amides is 2. The minimum atomic E-state index is -0.485. The van der Waals surface area contributed by atoms with Crippen LogP contribution in [-0.4, -0.2) is 30.6 Å². The third-order valence-corrected chi connectivity index (χ3v) is 2.88. The normalized spacial score (nSPS) is 17.4. The monoisotopic (exact) mass is 223 g/mol. The second-order valence-electron chi connectivity index (χ2n) is 5.06. The molecular weight excluding hydrogens is 202 g/mol. The fourth-order valence-corrected chi connectivity index (χ4v) is 1.72. The van der Waals surface area contributed by atoms with Crippen molar-refractivity contribution < 1.29 is 4.79 Å². The maximum atomic E-state index is 11.8. The summed E-state index contributed by atoms with van der Waals surface area (Å²) in [5.41, 5.74) is -0.485. The van der Waals surface area contributed by atoms with Crippen molar-refractivity contribution in [2.24, 2.45) is 5.41 Å². The molecule has 0 aliphatic carbocycles. The van der Waals surface area contributed by atoms with E-state index in [2.05, 4.69) is 11.4 Å². The Hall–Kier alpha value is -1.24. The quantitative estimate of drug-likeness (QED) is 0.779. The number of nitrogens with zero attached hydrogens (tertiary/aromatic N) is 2. The Morgan fingerprint density at radius 1 is 1.31 bits per heavy atom. The summed E-state index contributed by atoms with van der Waals surface area (Å²) in [6.45, 7) is 5.77. The van der Waals surface area contributed by atoms with Gasteiger partial charge in [-0.3, -0.25) is 0 Å². The fourth-order valence-electron chi connectivity index (χ4n) is 1.72. The molecule has 0 unspecified atom stereocenters. The van der Waals surface area contributed by atoms with E-state index in [1.165, 1.54) is 12.8 Å². The van der Waals surface area contributed by atoms with Crippen LogP contribution in [0.25, 0.3) is 0 Å². The van der Waals surface area contributed by atoms with Gasteiger partial charge in [-0.15, -0.1) is 0 Å². The summed E-state index contributed by atoms with van der Waals surface area (Å²) < 4.78 is 0. The molecule has 1 saturated heterocycles. The molecule has 0 aromatic heterocycles. The molecule has 0 bridgehead atoms. The lowest BCUT2D eigenvalue weighted by Crippen LogP contribution is -2.43. The number of rotatable bonds is 2. The lowest BCUT2D eigenvalue weighted by atomic mass is 9.96. The molecule has 4 nitrogen and oxygen atoms in total. The number of hydrogen-bond acceptors (Lipinski definition) is 2. The zero-order valence-corrected chi connectivity index (χ0v) is 10.3. The summed E-state index contributed by atoms with van der Waals surface area (Å²) in [6.07, 6.45) is 4.62. The van der Waals surface area contributed by atoms with Gasteiger partial charge >= 0.3 is 6.03 Å². The molecule has 0 aromatic rings. The van der Waals surface area contributed by atoms with Crippen LogP contribution in [0.2, 0.25) is 0 Å². The van der Waals surface area contributed by atoms with Crippen LogP contribution in [0.4, 0.5) is 4.79 Å². The molecule has 1 fully saturated rings. The fraction of sp³-hybridized carbons (Fsp3) is 0.833. The first kappa shape index (κ1) is 12.8. The zero-order valence-electron chi connectivity index (χ0n) is 10.3. The van der Waals surface area contributed by atoms with E-state index in [-0.39, 0.29) is 6.03 Å². The van der Waals surface area contributed by atoms with E-state index < -0.39 is 5.41 Å². The van der Waals surface area contributed by atoms with Crippen molar-refractivity contribution in [2.75, 3.05) is 19.6 Å². The van der Waals surface area contributed by atoms with Gasteiger partial charge in [-0.05, 0) is 26.7 Å². The molecule has 2 amide bonds. The van der Waals surface area contributed by atoms with Crippen molar-refractivity contribution in [2.45, 2.75) is 39.5 Å². The summed E-state index contributed by atoms with van der Waals surface area (Å²) in [6, 6.07) is 2.16. The smallest absolute Gasteiger partial charge is 0.317 e. The first-order valence-corrected chi connectivity index (χ1v) is 5.99. The van der Waals surface area contributed by atoms with Gasteiger partial charge in [-0.25, -0.2) is 4.79 Å². The van der Waals surface area contributed by atoms with Crippen molar-refractivity contribution in [1.29, 1.82) is 5.26 Å². The average molecular weight is 223 g/mol. The molecular formula is C12H21N3O. The van der Waals surface area contributed by atoms with Crippen molar-refractivity contribution in [1.82, 2.24) is 10.2 Å². The Kier molecular flexibility index (Phi) is 4.60. The van der Waals surface area contributed by atoms with Crippen LogP contribution in [0.15, 0.2) is 0 Å². The van der Waals surface area contributed by atoms with Crippen LogP contribution in [-0.2, 0) is 0 Å².